The normalized spacial score (nSPS) is 9.87. The molecule has 74 valence electrons. The molecule has 0 amide bonds. The fraction of sp³-hybridized carbons (Fsp3) is 0. The van der Waals surface area contributed by atoms with Gasteiger partial charge in [0.15, 0.2) is 0 Å². The number of nitrogens with two attached hydrogens (primary N) is 1. The summed E-state index contributed by atoms with van der Waals surface area (Å²) in [5, 5.41) is 7.37. The van der Waals surface area contributed by atoms with Crippen LogP contribution in [-0.4, -0.2) is 6.21 Å². The molecule has 3 N–H and O–H groups in total. The van der Waals surface area contributed by atoms with Crippen LogP contribution in [0, 0.1) is 5.41 Å². The van der Waals surface area contributed by atoms with Crippen LogP contribution in [0.2, 0.25) is 0 Å². The molecule has 0 saturated heterocycles. The number of hydrogen-bond acceptors (Lipinski definition) is 2. The molecule has 0 atom stereocenters. The molecule has 2 heteroatoms. The number of anilines is 1. The van der Waals surface area contributed by atoms with E-state index in [1.807, 2.05) is 48.5 Å². The predicted octanol–water partition coefficient (Wildman–Crippen LogP) is 2.93. The van der Waals surface area contributed by atoms with Crippen molar-refractivity contribution in [3.05, 3.63) is 54.1 Å². The highest BCUT2D eigenvalue weighted by Gasteiger charge is 2.04. The van der Waals surface area contributed by atoms with E-state index in [-0.39, 0.29) is 0 Å². The van der Waals surface area contributed by atoms with Gasteiger partial charge in [0.2, 0.25) is 0 Å². The third-order valence-electron chi connectivity index (χ3n) is 2.37. The molecule has 0 aliphatic rings. The lowest BCUT2D eigenvalue weighted by atomic mass is 9.99. The van der Waals surface area contributed by atoms with Crippen LogP contribution in [0.3, 0.4) is 0 Å². The molecule has 2 aromatic rings. The van der Waals surface area contributed by atoms with Crippen molar-refractivity contribution >= 4 is 11.9 Å². The zero-order valence-electron chi connectivity index (χ0n) is 8.27. The van der Waals surface area contributed by atoms with Crippen molar-refractivity contribution in [3.63, 3.8) is 0 Å². The Balaban J connectivity index is 2.63. The Labute approximate surface area is 88.9 Å². The van der Waals surface area contributed by atoms with Crippen molar-refractivity contribution in [2.24, 2.45) is 0 Å². The minimum Gasteiger partial charge on any atom is -0.398 e. The first-order valence-corrected chi connectivity index (χ1v) is 4.77. The first-order valence-electron chi connectivity index (χ1n) is 4.77. The molecule has 0 heterocycles. The highest BCUT2D eigenvalue weighted by molar-refractivity contribution is 5.94. The molecule has 0 saturated carbocycles. The lowest BCUT2D eigenvalue weighted by Crippen LogP contribution is -1.95. The van der Waals surface area contributed by atoms with E-state index in [1.54, 1.807) is 0 Å². The van der Waals surface area contributed by atoms with Crippen LogP contribution in [0.4, 0.5) is 5.69 Å². The third kappa shape index (κ3) is 1.74. The topological polar surface area (TPSA) is 49.9 Å². The van der Waals surface area contributed by atoms with Gasteiger partial charge >= 0.3 is 0 Å². The number of hydrogen-bond donors (Lipinski definition) is 2. The molecule has 0 radical (unpaired) electrons. The summed E-state index contributed by atoms with van der Waals surface area (Å²) in [5.74, 6) is 0. The molecule has 0 unspecified atom stereocenters. The number of benzene rings is 2. The fourth-order valence-corrected chi connectivity index (χ4v) is 1.61. The van der Waals surface area contributed by atoms with Gasteiger partial charge in [-0.25, -0.2) is 0 Å². The minimum atomic E-state index is 0.645. The second-order valence-corrected chi connectivity index (χ2v) is 3.32. The first-order chi connectivity index (χ1) is 7.33. The van der Waals surface area contributed by atoms with Crippen LogP contribution in [0.25, 0.3) is 11.1 Å². The van der Waals surface area contributed by atoms with Gasteiger partial charge < -0.3 is 11.1 Å². The van der Waals surface area contributed by atoms with Gasteiger partial charge in [0.1, 0.15) is 0 Å². The van der Waals surface area contributed by atoms with Crippen LogP contribution in [0.1, 0.15) is 5.56 Å². The summed E-state index contributed by atoms with van der Waals surface area (Å²) in [6.45, 7) is 0. The van der Waals surface area contributed by atoms with Crippen LogP contribution < -0.4 is 5.73 Å². The average molecular weight is 196 g/mol. The minimum absolute atomic E-state index is 0.645. The number of nitrogen functional groups attached to an aromatic ring is 1. The molecule has 0 bridgehead atoms. The lowest BCUT2D eigenvalue weighted by molar-refractivity contribution is 1.52. The van der Waals surface area contributed by atoms with Crippen molar-refractivity contribution in [3.8, 4) is 11.1 Å². The molecular formula is C13H12N2. The largest absolute Gasteiger partial charge is 0.398 e. The molecule has 0 aromatic heterocycles. The van der Waals surface area contributed by atoms with E-state index >= 15 is 0 Å². The van der Waals surface area contributed by atoms with E-state index in [1.165, 1.54) is 6.21 Å². The molecule has 0 spiro atoms. The third-order valence-corrected chi connectivity index (χ3v) is 2.37. The van der Waals surface area contributed by atoms with Gasteiger partial charge in [0, 0.05) is 17.5 Å². The van der Waals surface area contributed by atoms with E-state index in [9.17, 15) is 0 Å². The zero-order valence-corrected chi connectivity index (χ0v) is 8.27. The fourth-order valence-electron chi connectivity index (χ4n) is 1.61. The van der Waals surface area contributed by atoms with Gasteiger partial charge in [-0.1, -0.05) is 42.5 Å². The van der Waals surface area contributed by atoms with Crippen LogP contribution in [0.5, 0.6) is 0 Å². The maximum atomic E-state index is 7.37. The molecule has 0 fully saturated rings. The predicted molar refractivity (Wildman–Crippen MR) is 64.2 cm³/mol. The van der Waals surface area contributed by atoms with Gasteiger partial charge in [-0.2, -0.15) is 0 Å². The molecular weight excluding hydrogens is 184 g/mol. The van der Waals surface area contributed by atoms with Crippen LogP contribution in [-0.2, 0) is 0 Å². The Kier molecular flexibility index (Phi) is 2.50. The van der Waals surface area contributed by atoms with Gasteiger partial charge in [0.25, 0.3) is 0 Å². The summed E-state index contributed by atoms with van der Waals surface area (Å²) >= 11 is 0. The second-order valence-electron chi connectivity index (χ2n) is 3.32. The van der Waals surface area contributed by atoms with Gasteiger partial charge in [-0.3, -0.25) is 0 Å². The number of rotatable bonds is 2. The van der Waals surface area contributed by atoms with E-state index in [2.05, 4.69) is 0 Å². The molecule has 2 nitrogen and oxygen atoms in total. The quantitative estimate of drug-likeness (QED) is 0.563. The van der Waals surface area contributed by atoms with Gasteiger partial charge in [-0.05, 0) is 17.2 Å². The summed E-state index contributed by atoms with van der Waals surface area (Å²) in [7, 11) is 0. The van der Waals surface area contributed by atoms with Crippen molar-refractivity contribution in [2.75, 3.05) is 5.73 Å². The Morgan fingerprint density at radius 3 is 2.33 bits per heavy atom. The summed E-state index contributed by atoms with van der Waals surface area (Å²) in [4.78, 5) is 0. The Morgan fingerprint density at radius 1 is 0.933 bits per heavy atom. The zero-order chi connectivity index (χ0) is 10.7. The van der Waals surface area contributed by atoms with Crippen molar-refractivity contribution in [1.29, 1.82) is 5.41 Å². The molecule has 0 aliphatic carbocycles. The Morgan fingerprint density at radius 2 is 1.67 bits per heavy atom. The first kappa shape index (κ1) is 9.46. The summed E-state index contributed by atoms with van der Waals surface area (Å²) in [6.07, 6.45) is 1.30. The van der Waals surface area contributed by atoms with Crippen LogP contribution in [0.15, 0.2) is 48.5 Å². The van der Waals surface area contributed by atoms with Gasteiger partial charge in [0.05, 0.1) is 0 Å². The van der Waals surface area contributed by atoms with Gasteiger partial charge in [-0.15, -0.1) is 0 Å². The Bertz CT molecular complexity index is 475. The molecule has 2 aromatic carbocycles. The maximum absolute atomic E-state index is 7.37. The van der Waals surface area contributed by atoms with E-state index < -0.39 is 0 Å². The smallest absolute Gasteiger partial charge is 0.0409 e. The SMILES string of the molecule is N=Cc1c(N)cccc1-c1ccccc1. The second kappa shape index (κ2) is 3.96. The van der Waals surface area contributed by atoms with Crippen molar-refractivity contribution in [2.45, 2.75) is 0 Å². The van der Waals surface area contributed by atoms with Crippen LogP contribution >= 0.6 is 0 Å². The Hall–Kier alpha value is -2.09. The standard InChI is InChI=1S/C13H12N2/c14-9-12-11(7-4-8-13(12)15)10-5-2-1-3-6-10/h1-9,14H,15H2. The number of nitrogens with one attached hydrogen (secondary N) is 1. The average Bonchev–Trinajstić information content (AvgIpc) is 2.30. The molecule has 15 heavy (non-hydrogen) atoms. The highest BCUT2D eigenvalue weighted by Crippen LogP contribution is 2.25. The van der Waals surface area contributed by atoms with E-state index in [0.717, 1.165) is 16.7 Å². The summed E-state index contributed by atoms with van der Waals surface area (Å²) in [5.41, 5.74) is 9.34. The maximum Gasteiger partial charge on any atom is 0.0409 e. The molecule has 2 rings (SSSR count). The molecule has 0 aliphatic heterocycles. The van der Waals surface area contributed by atoms with E-state index in [0.29, 0.717) is 5.69 Å². The highest BCUT2D eigenvalue weighted by atomic mass is 14.6. The van der Waals surface area contributed by atoms with Crippen molar-refractivity contribution < 1.29 is 0 Å². The monoisotopic (exact) mass is 196 g/mol. The lowest BCUT2D eigenvalue weighted by Gasteiger charge is -2.07. The summed E-state index contributed by atoms with van der Waals surface area (Å²) < 4.78 is 0. The van der Waals surface area contributed by atoms with Crippen molar-refractivity contribution in [1.82, 2.24) is 0 Å². The summed E-state index contributed by atoms with van der Waals surface area (Å²) in [6, 6.07) is 15.7. The van der Waals surface area contributed by atoms with E-state index in [4.69, 9.17) is 11.1 Å².